The number of nitrogens with zero attached hydrogens (tertiary/aromatic N) is 3. The molecule has 1 aliphatic rings. The Hall–Kier alpha value is -3.61. The van der Waals surface area contributed by atoms with Crippen molar-refractivity contribution in [3.63, 3.8) is 0 Å². The Morgan fingerprint density at radius 2 is 1.94 bits per heavy atom. The van der Waals surface area contributed by atoms with Crippen molar-refractivity contribution in [3.8, 4) is 11.5 Å². The highest BCUT2D eigenvalue weighted by Gasteiger charge is 2.22. The van der Waals surface area contributed by atoms with Gasteiger partial charge in [-0.3, -0.25) is 4.79 Å². The zero-order valence-corrected chi connectivity index (χ0v) is 17.7. The summed E-state index contributed by atoms with van der Waals surface area (Å²) < 4.78 is 5.57. The van der Waals surface area contributed by atoms with Gasteiger partial charge < -0.3 is 20.0 Å². The number of oxazole rings is 1. The molecular weight excluding hydrogens is 390 g/mol. The van der Waals surface area contributed by atoms with Gasteiger partial charge in [0, 0.05) is 24.3 Å². The molecule has 2 N–H and O–H groups in total. The molecule has 0 saturated carbocycles. The van der Waals surface area contributed by atoms with Crippen LogP contribution in [-0.2, 0) is 17.8 Å². The molecule has 0 saturated heterocycles. The maximum Gasteiger partial charge on any atom is 0.246 e. The van der Waals surface area contributed by atoms with Crippen molar-refractivity contribution in [1.29, 1.82) is 0 Å². The first kappa shape index (κ1) is 20.7. The first-order chi connectivity index (χ1) is 15.2. The molecule has 31 heavy (non-hydrogen) atoms. The number of hydrogen-bond acceptors (Lipinski definition) is 4. The normalized spacial score (nSPS) is 13.6. The van der Waals surface area contributed by atoms with Gasteiger partial charge in [-0.05, 0) is 43.5 Å². The van der Waals surface area contributed by atoms with E-state index in [1.165, 1.54) is 5.56 Å². The first-order valence-corrected chi connectivity index (χ1v) is 10.6. The van der Waals surface area contributed by atoms with Crippen LogP contribution in [0.5, 0.6) is 0 Å². The highest BCUT2D eigenvalue weighted by molar-refractivity contribution is 5.98. The highest BCUT2D eigenvalue weighted by Crippen LogP contribution is 2.26. The SMILES string of the molecule is CCNC(=NCc1coc(-c2ccccc2)n1)NCC(=O)N1CCCc2ccccc21. The summed E-state index contributed by atoms with van der Waals surface area (Å²) in [4.78, 5) is 23.8. The molecule has 2 heterocycles. The van der Waals surface area contributed by atoms with E-state index in [2.05, 4.69) is 26.7 Å². The van der Waals surface area contributed by atoms with Crippen LogP contribution >= 0.6 is 0 Å². The third-order valence-electron chi connectivity index (χ3n) is 5.13. The number of para-hydroxylation sites is 1. The quantitative estimate of drug-likeness (QED) is 0.475. The second kappa shape index (κ2) is 9.93. The van der Waals surface area contributed by atoms with Gasteiger partial charge in [-0.15, -0.1) is 0 Å². The number of fused-ring (bicyclic) bond motifs is 1. The average molecular weight is 418 g/mol. The van der Waals surface area contributed by atoms with Crippen LogP contribution in [-0.4, -0.2) is 36.5 Å². The molecule has 2 aromatic carbocycles. The Kier molecular flexibility index (Phi) is 6.62. The summed E-state index contributed by atoms with van der Waals surface area (Å²) >= 11 is 0. The van der Waals surface area contributed by atoms with E-state index < -0.39 is 0 Å². The maximum atomic E-state index is 12.9. The molecule has 1 aliphatic heterocycles. The first-order valence-electron chi connectivity index (χ1n) is 10.6. The average Bonchev–Trinajstić information content (AvgIpc) is 3.30. The molecule has 0 atom stereocenters. The maximum absolute atomic E-state index is 12.9. The number of hydrogen-bond donors (Lipinski definition) is 2. The molecule has 4 rings (SSSR count). The molecule has 160 valence electrons. The fourth-order valence-corrected chi connectivity index (χ4v) is 3.64. The lowest BCUT2D eigenvalue weighted by molar-refractivity contribution is -0.117. The number of carbonyl (C=O) groups excluding carboxylic acids is 1. The van der Waals surface area contributed by atoms with Crippen molar-refractivity contribution < 1.29 is 9.21 Å². The summed E-state index contributed by atoms with van der Waals surface area (Å²) in [5.74, 6) is 1.18. The van der Waals surface area contributed by atoms with Crippen molar-refractivity contribution in [3.05, 3.63) is 72.1 Å². The number of aryl methyl sites for hydroxylation is 1. The van der Waals surface area contributed by atoms with Crippen LogP contribution in [0.1, 0.15) is 24.6 Å². The van der Waals surface area contributed by atoms with Crippen LogP contribution in [0.25, 0.3) is 11.5 Å². The number of rotatable bonds is 6. The Labute approximate surface area is 182 Å². The van der Waals surface area contributed by atoms with Gasteiger partial charge >= 0.3 is 0 Å². The van der Waals surface area contributed by atoms with Gasteiger partial charge in [-0.1, -0.05) is 36.4 Å². The monoisotopic (exact) mass is 417 g/mol. The van der Waals surface area contributed by atoms with Gasteiger partial charge in [-0.2, -0.15) is 0 Å². The summed E-state index contributed by atoms with van der Waals surface area (Å²) in [6.45, 7) is 3.96. The molecule has 7 heteroatoms. The van der Waals surface area contributed by atoms with Crippen LogP contribution in [0, 0.1) is 0 Å². The molecule has 0 bridgehead atoms. The van der Waals surface area contributed by atoms with E-state index in [0.29, 0.717) is 24.9 Å². The predicted molar refractivity (Wildman–Crippen MR) is 122 cm³/mol. The lowest BCUT2D eigenvalue weighted by Gasteiger charge is -2.29. The van der Waals surface area contributed by atoms with E-state index in [0.717, 1.165) is 36.3 Å². The number of nitrogens with one attached hydrogen (secondary N) is 2. The molecule has 7 nitrogen and oxygen atoms in total. The Bertz CT molecular complexity index is 1040. The lowest BCUT2D eigenvalue weighted by atomic mass is 10.0. The number of aromatic nitrogens is 1. The largest absolute Gasteiger partial charge is 0.444 e. The summed E-state index contributed by atoms with van der Waals surface area (Å²) in [5, 5.41) is 6.33. The molecule has 0 spiro atoms. The van der Waals surface area contributed by atoms with Crippen LogP contribution in [0.4, 0.5) is 5.69 Å². The van der Waals surface area contributed by atoms with Crippen molar-refractivity contribution in [2.45, 2.75) is 26.3 Å². The smallest absolute Gasteiger partial charge is 0.246 e. The van der Waals surface area contributed by atoms with Gasteiger partial charge in [0.15, 0.2) is 5.96 Å². The van der Waals surface area contributed by atoms with Crippen molar-refractivity contribution in [2.75, 3.05) is 24.5 Å². The third-order valence-corrected chi connectivity index (χ3v) is 5.13. The minimum Gasteiger partial charge on any atom is -0.444 e. The molecule has 0 aliphatic carbocycles. The zero-order chi connectivity index (χ0) is 21.5. The number of amides is 1. The van der Waals surface area contributed by atoms with Crippen LogP contribution in [0.3, 0.4) is 0 Å². The number of benzene rings is 2. The van der Waals surface area contributed by atoms with E-state index in [1.54, 1.807) is 6.26 Å². The highest BCUT2D eigenvalue weighted by atomic mass is 16.3. The molecule has 3 aromatic rings. The molecule has 1 aromatic heterocycles. The standard InChI is InChI=1S/C24H27N5O2/c1-2-25-24(26-15-20-17-31-23(28-20)19-10-4-3-5-11-19)27-16-22(30)29-14-8-12-18-9-6-7-13-21(18)29/h3-7,9-11,13,17H,2,8,12,14-16H2,1H3,(H2,25,26,27). The van der Waals surface area contributed by atoms with Gasteiger partial charge in [0.2, 0.25) is 11.8 Å². The van der Waals surface area contributed by atoms with Crippen LogP contribution < -0.4 is 15.5 Å². The number of anilines is 1. The fourth-order valence-electron chi connectivity index (χ4n) is 3.64. The van der Waals surface area contributed by atoms with Gasteiger partial charge in [0.1, 0.15) is 12.0 Å². The fraction of sp³-hybridized carbons (Fsp3) is 0.292. The van der Waals surface area contributed by atoms with Crippen LogP contribution in [0.15, 0.2) is 70.3 Å². The second-order valence-corrected chi connectivity index (χ2v) is 7.34. The molecule has 0 radical (unpaired) electrons. The van der Waals surface area contributed by atoms with Gasteiger partial charge in [-0.25, -0.2) is 9.98 Å². The number of guanidine groups is 1. The second-order valence-electron chi connectivity index (χ2n) is 7.34. The molecule has 1 amide bonds. The van der Waals surface area contributed by atoms with E-state index in [4.69, 9.17) is 4.42 Å². The third kappa shape index (κ3) is 5.12. The number of carbonyl (C=O) groups is 1. The topological polar surface area (TPSA) is 82.8 Å². The zero-order valence-electron chi connectivity index (χ0n) is 17.7. The summed E-state index contributed by atoms with van der Waals surface area (Å²) in [6.07, 6.45) is 3.61. The Morgan fingerprint density at radius 3 is 2.77 bits per heavy atom. The van der Waals surface area contributed by atoms with Crippen molar-refractivity contribution in [2.24, 2.45) is 4.99 Å². The van der Waals surface area contributed by atoms with Crippen molar-refractivity contribution >= 4 is 17.6 Å². The van der Waals surface area contributed by atoms with E-state index >= 15 is 0 Å². The molecule has 0 unspecified atom stereocenters. The summed E-state index contributed by atoms with van der Waals surface area (Å²) in [5.41, 5.74) is 3.89. The van der Waals surface area contributed by atoms with E-state index in [1.807, 2.05) is 60.4 Å². The lowest BCUT2D eigenvalue weighted by Crippen LogP contribution is -2.46. The molecular formula is C24H27N5O2. The minimum atomic E-state index is 0.0329. The Balaban J connectivity index is 1.38. The van der Waals surface area contributed by atoms with Crippen molar-refractivity contribution in [1.82, 2.24) is 15.6 Å². The molecule has 0 fully saturated rings. The van der Waals surface area contributed by atoms with E-state index in [-0.39, 0.29) is 12.5 Å². The van der Waals surface area contributed by atoms with Gasteiger partial charge in [0.05, 0.1) is 13.1 Å². The summed E-state index contributed by atoms with van der Waals surface area (Å²) in [7, 11) is 0. The Morgan fingerprint density at radius 1 is 1.13 bits per heavy atom. The predicted octanol–water partition coefficient (Wildman–Crippen LogP) is 3.38. The van der Waals surface area contributed by atoms with Gasteiger partial charge in [0.25, 0.3) is 0 Å². The van der Waals surface area contributed by atoms with Crippen LogP contribution in [0.2, 0.25) is 0 Å². The summed E-state index contributed by atoms with van der Waals surface area (Å²) in [6, 6.07) is 17.9. The minimum absolute atomic E-state index is 0.0329. The number of aliphatic imine (C=N–C) groups is 1. The van der Waals surface area contributed by atoms with E-state index in [9.17, 15) is 4.79 Å².